The van der Waals surface area contributed by atoms with E-state index in [2.05, 4.69) is 21.4 Å². The van der Waals surface area contributed by atoms with Crippen LogP contribution in [0.5, 0.6) is 5.75 Å². The number of allylic oxidation sites excluding steroid dienone is 2. The van der Waals surface area contributed by atoms with Crippen LogP contribution in [0.15, 0.2) is 46.7 Å². The zero-order valence-electron chi connectivity index (χ0n) is 10.1. The van der Waals surface area contributed by atoms with Crippen molar-refractivity contribution in [2.75, 3.05) is 13.7 Å². The zero-order chi connectivity index (χ0) is 13.0. The fourth-order valence-electron chi connectivity index (χ4n) is 1.70. The summed E-state index contributed by atoms with van der Waals surface area (Å²) in [5, 5.41) is 11.1. The molecular weight excluding hydrogens is 296 g/mol. The molecular formula is C13H15BrN2O2. The maximum atomic E-state index is 9.14. The van der Waals surface area contributed by atoms with Crippen LogP contribution >= 0.6 is 15.9 Å². The van der Waals surface area contributed by atoms with Crippen molar-refractivity contribution >= 4 is 15.9 Å². The molecule has 0 saturated carbocycles. The standard InChI is InChI=1S/C13H15BrN2O2/c1-18-13-4-2-10(3-5-13)7-16-8-11(14)6-12(9-17)15-16/h2-6,8,15,17H,7,9H2,1H3. The van der Waals surface area contributed by atoms with Crippen LogP contribution in [0.2, 0.25) is 0 Å². The topological polar surface area (TPSA) is 44.7 Å². The van der Waals surface area contributed by atoms with E-state index in [0.29, 0.717) is 6.54 Å². The Morgan fingerprint density at radius 1 is 1.33 bits per heavy atom. The van der Waals surface area contributed by atoms with Crippen LogP contribution in [-0.2, 0) is 6.54 Å². The number of rotatable bonds is 4. The first-order valence-corrected chi connectivity index (χ1v) is 6.35. The summed E-state index contributed by atoms with van der Waals surface area (Å²) in [5.41, 5.74) is 5.03. The van der Waals surface area contributed by atoms with Gasteiger partial charge in [-0.3, -0.25) is 5.01 Å². The molecule has 1 aliphatic heterocycles. The smallest absolute Gasteiger partial charge is 0.118 e. The average molecular weight is 311 g/mol. The number of hydrogen-bond donors (Lipinski definition) is 2. The average Bonchev–Trinajstić information content (AvgIpc) is 2.39. The Bertz CT molecular complexity index is 468. The van der Waals surface area contributed by atoms with Gasteiger partial charge in [-0.05, 0) is 39.7 Å². The van der Waals surface area contributed by atoms with Crippen LogP contribution in [0, 0.1) is 0 Å². The summed E-state index contributed by atoms with van der Waals surface area (Å²) in [5.74, 6) is 0.845. The lowest BCUT2D eigenvalue weighted by Crippen LogP contribution is -2.35. The molecule has 0 fully saturated rings. The van der Waals surface area contributed by atoms with Crippen LogP contribution in [0.25, 0.3) is 0 Å². The SMILES string of the molecule is COc1ccc(CN2C=C(Br)C=C(CO)N2)cc1. The number of nitrogens with one attached hydrogen (secondary N) is 1. The van der Waals surface area contributed by atoms with Gasteiger partial charge < -0.3 is 15.3 Å². The van der Waals surface area contributed by atoms with E-state index < -0.39 is 0 Å². The number of benzene rings is 1. The monoisotopic (exact) mass is 310 g/mol. The highest BCUT2D eigenvalue weighted by Gasteiger charge is 2.09. The molecule has 0 amide bonds. The number of halogens is 1. The molecule has 1 aromatic rings. The van der Waals surface area contributed by atoms with Gasteiger partial charge in [-0.2, -0.15) is 0 Å². The predicted octanol–water partition coefficient (Wildman–Crippen LogP) is 2.13. The lowest BCUT2D eigenvalue weighted by Gasteiger charge is -2.27. The molecule has 0 spiro atoms. The minimum absolute atomic E-state index is 0.0119. The minimum atomic E-state index is -0.0119. The number of aliphatic hydroxyl groups excluding tert-OH is 1. The second kappa shape index (κ2) is 5.93. The molecule has 0 unspecified atom stereocenters. The maximum Gasteiger partial charge on any atom is 0.118 e. The second-order valence-electron chi connectivity index (χ2n) is 3.93. The zero-order valence-corrected chi connectivity index (χ0v) is 11.6. The van der Waals surface area contributed by atoms with Gasteiger partial charge in [0.1, 0.15) is 5.75 Å². The van der Waals surface area contributed by atoms with E-state index in [4.69, 9.17) is 9.84 Å². The Morgan fingerprint density at radius 2 is 2.06 bits per heavy atom. The first-order chi connectivity index (χ1) is 8.71. The Hall–Kier alpha value is -1.46. The molecule has 4 nitrogen and oxygen atoms in total. The fraction of sp³-hybridized carbons (Fsp3) is 0.231. The molecule has 5 heteroatoms. The lowest BCUT2D eigenvalue weighted by atomic mass is 10.2. The van der Waals surface area contributed by atoms with Crippen LogP contribution in [0.4, 0.5) is 0 Å². The number of ether oxygens (including phenoxy) is 1. The lowest BCUT2D eigenvalue weighted by molar-refractivity contribution is 0.246. The number of nitrogens with zero attached hydrogens (tertiary/aromatic N) is 1. The predicted molar refractivity (Wildman–Crippen MR) is 73.9 cm³/mol. The van der Waals surface area contributed by atoms with Gasteiger partial charge in [-0.25, -0.2) is 0 Å². The molecule has 0 saturated heterocycles. The summed E-state index contributed by atoms with van der Waals surface area (Å²) in [6.45, 7) is 0.693. The van der Waals surface area contributed by atoms with Crippen LogP contribution in [-0.4, -0.2) is 23.8 Å². The number of methoxy groups -OCH3 is 1. The van der Waals surface area contributed by atoms with Crippen molar-refractivity contribution in [1.29, 1.82) is 0 Å². The molecule has 0 aromatic heterocycles. The summed E-state index contributed by atoms with van der Waals surface area (Å²) in [6, 6.07) is 7.89. The number of hydrogen-bond acceptors (Lipinski definition) is 4. The third-order valence-electron chi connectivity index (χ3n) is 2.56. The van der Waals surface area contributed by atoms with Gasteiger partial charge in [0.15, 0.2) is 0 Å². The molecule has 0 bridgehead atoms. The van der Waals surface area contributed by atoms with Crippen LogP contribution in [0.3, 0.4) is 0 Å². The second-order valence-corrected chi connectivity index (χ2v) is 4.85. The highest BCUT2D eigenvalue weighted by Crippen LogP contribution is 2.18. The normalized spacial score (nSPS) is 14.7. The number of hydrazine groups is 1. The molecule has 1 aromatic carbocycles. The molecule has 18 heavy (non-hydrogen) atoms. The van der Waals surface area contributed by atoms with Crippen LogP contribution in [0.1, 0.15) is 5.56 Å². The molecule has 1 heterocycles. The van der Waals surface area contributed by atoms with Gasteiger partial charge >= 0.3 is 0 Å². The summed E-state index contributed by atoms with van der Waals surface area (Å²) in [6.07, 6.45) is 3.79. The van der Waals surface area contributed by atoms with Gasteiger partial charge in [0, 0.05) is 10.7 Å². The number of aliphatic hydroxyl groups is 1. The van der Waals surface area contributed by atoms with Gasteiger partial charge in [0.2, 0.25) is 0 Å². The van der Waals surface area contributed by atoms with Crippen molar-refractivity contribution in [1.82, 2.24) is 10.4 Å². The van der Waals surface area contributed by atoms with Gasteiger partial charge in [-0.1, -0.05) is 12.1 Å². The maximum absolute atomic E-state index is 9.14. The Morgan fingerprint density at radius 3 is 2.67 bits per heavy atom. The van der Waals surface area contributed by atoms with E-state index in [-0.39, 0.29) is 6.61 Å². The molecule has 0 radical (unpaired) electrons. The molecule has 1 aliphatic rings. The van der Waals surface area contributed by atoms with Crippen molar-refractivity contribution in [3.8, 4) is 5.75 Å². The van der Waals surface area contributed by atoms with Gasteiger partial charge in [0.25, 0.3) is 0 Å². The third-order valence-corrected chi connectivity index (χ3v) is 2.99. The minimum Gasteiger partial charge on any atom is -0.497 e. The Labute approximate surface area is 115 Å². The summed E-state index contributed by atoms with van der Waals surface area (Å²) < 4.78 is 6.05. The summed E-state index contributed by atoms with van der Waals surface area (Å²) >= 11 is 3.42. The van der Waals surface area contributed by atoms with Gasteiger partial charge in [-0.15, -0.1) is 0 Å². The quantitative estimate of drug-likeness (QED) is 0.894. The van der Waals surface area contributed by atoms with E-state index in [0.717, 1.165) is 21.5 Å². The van der Waals surface area contributed by atoms with Crippen molar-refractivity contribution in [2.24, 2.45) is 0 Å². The Kier molecular flexibility index (Phi) is 4.28. The van der Waals surface area contributed by atoms with E-state index in [1.807, 2.05) is 41.6 Å². The Balaban J connectivity index is 2.03. The highest BCUT2D eigenvalue weighted by molar-refractivity contribution is 9.11. The molecule has 0 atom stereocenters. The fourth-order valence-corrected chi connectivity index (χ4v) is 2.22. The molecule has 96 valence electrons. The molecule has 2 N–H and O–H groups in total. The summed E-state index contributed by atoms with van der Waals surface area (Å²) in [7, 11) is 1.65. The van der Waals surface area contributed by atoms with E-state index in [1.165, 1.54) is 0 Å². The van der Waals surface area contributed by atoms with Crippen molar-refractivity contribution in [3.63, 3.8) is 0 Å². The summed E-state index contributed by atoms with van der Waals surface area (Å²) in [4.78, 5) is 0. The van der Waals surface area contributed by atoms with Crippen LogP contribution < -0.4 is 10.2 Å². The highest BCUT2D eigenvalue weighted by atomic mass is 79.9. The van der Waals surface area contributed by atoms with Gasteiger partial charge in [0.05, 0.1) is 26.0 Å². The third kappa shape index (κ3) is 3.27. The first kappa shape index (κ1) is 13.0. The van der Waals surface area contributed by atoms with Crippen molar-refractivity contribution in [2.45, 2.75) is 6.54 Å². The molecule has 2 rings (SSSR count). The van der Waals surface area contributed by atoms with E-state index >= 15 is 0 Å². The van der Waals surface area contributed by atoms with Crippen molar-refractivity contribution < 1.29 is 9.84 Å². The first-order valence-electron chi connectivity index (χ1n) is 5.56. The van der Waals surface area contributed by atoms with E-state index in [9.17, 15) is 0 Å². The van der Waals surface area contributed by atoms with Crippen molar-refractivity contribution in [3.05, 3.63) is 52.3 Å². The van der Waals surface area contributed by atoms with E-state index in [1.54, 1.807) is 7.11 Å². The molecule has 0 aliphatic carbocycles. The largest absolute Gasteiger partial charge is 0.497 e.